The van der Waals surface area contributed by atoms with Crippen LogP contribution in [0, 0.1) is 0 Å². The van der Waals surface area contributed by atoms with Crippen LogP contribution in [-0.2, 0) is 9.57 Å². The Morgan fingerprint density at radius 3 is 2.17 bits per heavy atom. The van der Waals surface area contributed by atoms with E-state index in [2.05, 4.69) is 5.16 Å². The Morgan fingerprint density at radius 1 is 1.09 bits per heavy atom. The van der Waals surface area contributed by atoms with Gasteiger partial charge in [-0.1, -0.05) is 5.16 Å². The third-order valence-electron chi connectivity index (χ3n) is 3.25. The Labute approximate surface area is 139 Å². The first-order valence-corrected chi connectivity index (χ1v) is 7.90. The molecule has 0 spiro atoms. The minimum Gasteiger partial charge on any atom is -0.493 e. The maximum atomic E-state index is 5.71. The van der Waals surface area contributed by atoms with Crippen LogP contribution in [0.5, 0.6) is 11.5 Å². The lowest BCUT2D eigenvalue weighted by molar-refractivity contribution is 0.00545. The molecule has 0 aromatic heterocycles. The van der Waals surface area contributed by atoms with Gasteiger partial charge in [-0.25, -0.2) is 0 Å². The molecule has 0 aliphatic carbocycles. The van der Waals surface area contributed by atoms with Crippen molar-refractivity contribution in [1.29, 1.82) is 0 Å². The van der Waals surface area contributed by atoms with Gasteiger partial charge < -0.3 is 19.0 Å². The van der Waals surface area contributed by atoms with Crippen molar-refractivity contribution in [3.63, 3.8) is 0 Å². The van der Waals surface area contributed by atoms with Gasteiger partial charge >= 0.3 is 0 Å². The van der Waals surface area contributed by atoms with E-state index in [9.17, 15) is 0 Å². The fourth-order valence-electron chi connectivity index (χ4n) is 1.59. The summed E-state index contributed by atoms with van der Waals surface area (Å²) >= 11 is 0. The number of ether oxygens (including phenoxy) is 3. The van der Waals surface area contributed by atoms with Crippen LogP contribution < -0.4 is 9.47 Å². The van der Waals surface area contributed by atoms with E-state index >= 15 is 0 Å². The first-order chi connectivity index (χ1) is 10.8. The van der Waals surface area contributed by atoms with E-state index in [1.807, 2.05) is 58.9 Å². The summed E-state index contributed by atoms with van der Waals surface area (Å²) in [5.74, 6) is 1.60. The van der Waals surface area contributed by atoms with Gasteiger partial charge in [0.2, 0.25) is 0 Å². The molecule has 1 atom stereocenters. The Hall–Kier alpha value is -1.75. The smallest absolute Gasteiger partial charge is 0.158 e. The molecule has 0 aliphatic heterocycles. The average molecular weight is 323 g/mol. The molecular weight excluding hydrogens is 294 g/mol. The monoisotopic (exact) mass is 323 g/mol. The first kappa shape index (κ1) is 19.3. The van der Waals surface area contributed by atoms with Gasteiger partial charge in [-0.2, -0.15) is 0 Å². The second-order valence-electron chi connectivity index (χ2n) is 6.30. The van der Waals surface area contributed by atoms with Crippen molar-refractivity contribution in [2.24, 2.45) is 5.16 Å². The maximum absolute atomic E-state index is 5.71. The third kappa shape index (κ3) is 8.45. The highest BCUT2D eigenvalue weighted by atomic mass is 16.6. The molecular formula is C18H29NO4. The maximum Gasteiger partial charge on any atom is 0.158 e. The molecule has 0 radical (unpaired) electrons. The summed E-state index contributed by atoms with van der Waals surface area (Å²) in [6.45, 7) is 10.8. The normalized spacial score (nSPS) is 12.4. The predicted molar refractivity (Wildman–Crippen MR) is 92.5 cm³/mol. The predicted octanol–water partition coefficient (Wildman–Crippen LogP) is 4.06. The average Bonchev–Trinajstić information content (AvgIpc) is 2.52. The minimum atomic E-state index is -0.168. The molecule has 23 heavy (non-hydrogen) atoms. The zero-order valence-corrected chi connectivity index (χ0v) is 15.1. The van der Waals surface area contributed by atoms with Crippen LogP contribution in [0.15, 0.2) is 29.4 Å². The Morgan fingerprint density at radius 2 is 1.65 bits per heavy atom. The van der Waals surface area contributed by atoms with Gasteiger partial charge in [0.05, 0.1) is 17.9 Å². The van der Waals surface area contributed by atoms with Gasteiger partial charge in [-0.3, -0.25) is 0 Å². The molecule has 5 heteroatoms. The number of methoxy groups -OCH3 is 1. The molecule has 5 nitrogen and oxygen atoms in total. The fourth-order valence-corrected chi connectivity index (χ4v) is 1.59. The highest BCUT2D eigenvalue weighted by Crippen LogP contribution is 2.19. The molecule has 130 valence electrons. The molecule has 1 unspecified atom stereocenters. The number of oxime groups is 1. The quantitative estimate of drug-likeness (QED) is 0.481. The highest BCUT2D eigenvalue weighted by molar-refractivity contribution is 5.78. The van der Waals surface area contributed by atoms with E-state index in [4.69, 9.17) is 19.0 Å². The van der Waals surface area contributed by atoms with Crippen molar-refractivity contribution in [1.82, 2.24) is 0 Å². The number of hydrogen-bond acceptors (Lipinski definition) is 5. The van der Waals surface area contributed by atoms with Crippen LogP contribution in [0.2, 0.25) is 0 Å². The van der Waals surface area contributed by atoms with Crippen LogP contribution >= 0.6 is 0 Å². The van der Waals surface area contributed by atoms with Crippen LogP contribution in [0.4, 0.5) is 0 Å². The van der Waals surface area contributed by atoms with Crippen LogP contribution in [0.1, 0.15) is 41.0 Å². The molecule has 0 aliphatic rings. The van der Waals surface area contributed by atoms with Gasteiger partial charge in [0.1, 0.15) is 18.1 Å². The lowest BCUT2D eigenvalue weighted by Crippen LogP contribution is -2.25. The van der Waals surface area contributed by atoms with Gasteiger partial charge in [0.25, 0.3) is 0 Å². The van der Waals surface area contributed by atoms with Crippen molar-refractivity contribution in [2.75, 3.05) is 20.3 Å². The number of hydrogen-bond donors (Lipinski definition) is 0. The third-order valence-corrected chi connectivity index (χ3v) is 3.25. The molecule has 0 N–H and O–H groups in total. The number of benzene rings is 1. The Balaban J connectivity index is 2.34. The van der Waals surface area contributed by atoms with Crippen molar-refractivity contribution in [3.8, 4) is 11.5 Å². The van der Waals surface area contributed by atoms with E-state index in [0.717, 1.165) is 23.6 Å². The van der Waals surface area contributed by atoms with Crippen LogP contribution in [0.3, 0.4) is 0 Å². The largest absolute Gasteiger partial charge is 0.493 e. The summed E-state index contributed by atoms with van der Waals surface area (Å²) in [4.78, 5) is 5.27. The molecule has 1 aromatic carbocycles. The molecule has 0 heterocycles. The molecule has 0 bridgehead atoms. The summed E-state index contributed by atoms with van der Waals surface area (Å²) in [6.07, 6.45) is 0.727. The number of rotatable bonds is 10. The molecule has 0 amide bonds. The first-order valence-electron chi connectivity index (χ1n) is 7.90. The van der Waals surface area contributed by atoms with Gasteiger partial charge in [-0.05, 0) is 58.9 Å². The molecule has 0 saturated heterocycles. The number of nitrogens with zero attached hydrogens (tertiary/aromatic N) is 1. The van der Waals surface area contributed by atoms with Crippen molar-refractivity contribution in [3.05, 3.63) is 24.3 Å². The molecule has 1 aromatic rings. The summed E-state index contributed by atoms with van der Waals surface area (Å²) in [5.41, 5.74) is 0.716. The van der Waals surface area contributed by atoms with Crippen molar-refractivity contribution >= 4 is 5.71 Å². The van der Waals surface area contributed by atoms with E-state index < -0.39 is 0 Å². The highest BCUT2D eigenvalue weighted by Gasteiger charge is 2.15. The molecule has 0 fully saturated rings. The zero-order valence-electron chi connectivity index (χ0n) is 15.1. The summed E-state index contributed by atoms with van der Waals surface area (Å²) in [5, 5.41) is 3.92. The Kier molecular flexibility index (Phi) is 7.89. The Bertz CT molecular complexity index is 478. The van der Waals surface area contributed by atoms with E-state index in [0.29, 0.717) is 13.2 Å². The standard InChI is InChI=1S/C18H29NO4/c1-14(2)19-23-15(3)13-22-17-9-7-16(8-10-17)21-12-11-18(4,5)20-6/h7-10,15H,11-13H2,1-6H3. The topological polar surface area (TPSA) is 49.3 Å². The van der Waals surface area contributed by atoms with E-state index in [1.54, 1.807) is 7.11 Å². The van der Waals surface area contributed by atoms with Gasteiger partial charge in [-0.15, -0.1) is 0 Å². The summed E-state index contributed by atoms with van der Waals surface area (Å²) in [7, 11) is 1.71. The van der Waals surface area contributed by atoms with Gasteiger partial charge in [0, 0.05) is 13.5 Å². The lowest BCUT2D eigenvalue weighted by atomic mass is 10.1. The van der Waals surface area contributed by atoms with Gasteiger partial charge in [0.15, 0.2) is 6.10 Å². The minimum absolute atomic E-state index is 0.0999. The van der Waals surface area contributed by atoms with Crippen molar-refractivity contribution < 1.29 is 19.0 Å². The second kappa shape index (κ2) is 9.40. The van der Waals surface area contributed by atoms with E-state index in [-0.39, 0.29) is 11.7 Å². The SMILES string of the molecule is COC(C)(C)CCOc1ccc(OCC(C)ON=C(C)C)cc1. The summed E-state index contributed by atoms with van der Waals surface area (Å²) in [6, 6.07) is 7.57. The second-order valence-corrected chi connectivity index (χ2v) is 6.30. The van der Waals surface area contributed by atoms with Crippen LogP contribution in [-0.4, -0.2) is 37.7 Å². The lowest BCUT2D eigenvalue weighted by Gasteiger charge is -2.22. The fraction of sp³-hybridized carbons (Fsp3) is 0.611. The van der Waals surface area contributed by atoms with Crippen LogP contribution in [0.25, 0.3) is 0 Å². The van der Waals surface area contributed by atoms with E-state index in [1.165, 1.54) is 0 Å². The summed E-state index contributed by atoms with van der Waals surface area (Å²) < 4.78 is 16.7. The molecule has 1 rings (SSSR count). The molecule has 0 saturated carbocycles. The van der Waals surface area contributed by atoms with Crippen molar-refractivity contribution in [2.45, 2.75) is 52.7 Å². The zero-order chi connectivity index (χ0) is 17.3.